The van der Waals surface area contributed by atoms with Crippen molar-refractivity contribution in [3.63, 3.8) is 0 Å². The number of aromatic nitrogens is 8. The molecule has 12 aromatic rings. The minimum absolute atomic E-state index is 0.0209. The topological polar surface area (TPSA) is 473 Å². The fourth-order valence-electron chi connectivity index (χ4n) is 13.5. The number of hydrogen-bond acceptors (Lipinski definition) is 17. The number of carbonyl (C=O) groups excluding carboxylic acids is 8. The molecule has 0 spiro atoms. The summed E-state index contributed by atoms with van der Waals surface area (Å²) in [4.78, 5) is 96.9. The Hall–Kier alpha value is -15.0. The van der Waals surface area contributed by atoms with Crippen LogP contribution in [0.5, 0.6) is 0 Å². The molecule has 13 rings (SSSR count). The van der Waals surface area contributed by atoms with Gasteiger partial charge in [0.05, 0.1) is 12.6 Å². The summed E-state index contributed by atoms with van der Waals surface area (Å²) in [5, 5.41) is 27.7. The van der Waals surface area contributed by atoms with Gasteiger partial charge in [-0.25, -0.2) is 53.9 Å². The smallest absolute Gasteiger partial charge is 0.260 e. The molecule has 0 radical (unpaired) electrons. The number of amides is 8. The molecule has 29 nitrogen and oxygen atoms in total. The summed E-state index contributed by atoms with van der Waals surface area (Å²) in [5.41, 5.74) is 52.9. The fourth-order valence-corrected chi connectivity index (χ4v) is 13.5. The maximum absolute atomic E-state index is 14.9. The zero-order valence-corrected chi connectivity index (χ0v) is 68.7. The van der Waals surface area contributed by atoms with Crippen LogP contribution in [-0.4, -0.2) is 106 Å². The van der Waals surface area contributed by atoms with E-state index in [1.54, 1.807) is 89.2 Å². The fraction of sp³-hybridized carbons (Fsp3) is 0.227. The second kappa shape index (κ2) is 40.6. The predicted octanol–water partition coefficient (Wildman–Crippen LogP) is 11.9. The van der Waals surface area contributed by atoms with Crippen molar-refractivity contribution in [3.8, 4) is 45.0 Å². The van der Waals surface area contributed by atoms with Gasteiger partial charge in [-0.3, -0.25) is 38.4 Å². The Kier molecular flexibility index (Phi) is 29.9. The van der Waals surface area contributed by atoms with Gasteiger partial charge in [0.25, 0.3) is 53.7 Å². The van der Waals surface area contributed by atoms with Crippen molar-refractivity contribution >= 4 is 70.5 Å². The molecule has 2 atom stereocenters. The molecule has 0 bridgehead atoms. The molecule has 20 N–H and O–H groups in total. The van der Waals surface area contributed by atoms with Crippen LogP contribution in [0, 0.1) is 62.6 Å². The van der Waals surface area contributed by atoms with Crippen molar-refractivity contribution in [1.29, 1.82) is 0 Å². The van der Waals surface area contributed by atoms with Crippen LogP contribution in [0.3, 0.4) is 0 Å². The lowest BCUT2D eigenvalue weighted by molar-refractivity contribution is 0.0558. The third-order valence-electron chi connectivity index (χ3n) is 20.4. The second-order valence-corrected chi connectivity index (χ2v) is 28.9. The van der Waals surface area contributed by atoms with Crippen LogP contribution in [0.4, 0.5) is 58.4 Å². The zero-order chi connectivity index (χ0) is 91.1. The standard InChI is InChI=1S/C24H25F2N5O3.C22H23F2N5O2.2C21H21F2N5O2/c1-13-4-7-16(25)10-18(13)24(33)29-11-15-6-5-14(9-19(15)26)21-20(23(28)32)22(27)31(30-21)17-3-2-8-34-12-17;1-12-5-3-4-6-16(12)22(31)27-11-14-7-9-15(10-8-14)18-17(21(26)30)20(25)29(28-18)13(2)19(23)24;1-3-28-19(24)17(20(25)29)18(27-28)12-5-6-13(16(23)8-12)10-26-21(30)15-9-14(22)7-4-11(15)2;1-3-28-19(24)17(20(25)29)18(27-28)14-7-5-12(8-16(14)23)10-26-21(30)15-9-13(22)6-4-11(15)2/h4-7,9-10,17H,2-3,8,11-12,27H2,1H3,(H2,28,32)(H,29,33);3-10,13,19H,11,25H2,1-2H3,(H2,26,30)(H,27,31);2*4-9H,3,10,24H2,1-2H3,(H2,25,29)(H,26,30). The van der Waals surface area contributed by atoms with Crippen LogP contribution in [-0.2, 0) is 44.0 Å². The van der Waals surface area contributed by atoms with Crippen LogP contribution in [0.25, 0.3) is 45.0 Å². The van der Waals surface area contributed by atoms with Crippen molar-refractivity contribution in [2.24, 2.45) is 22.9 Å². The van der Waals surface area contributed by atoms with Gasteiger partial charge in [-0.1, -0.05) is 91.0 Å². The van der Waals surface area contributed by atoms with Crippen LogP contribution in [0.1, 0.15) is 173 Å². The highest BCUT2D eigenvalue weighted by atomic mass is 19.3. The predicted molar refractivity (Wildman–Crippen MR) is 453 cm³/mol. The Morgan fingerprint density at radius 2 is 0.832 bits per heavy atom. The van der Waals surface area contributed by atoms with Gasteiger partial charge in [0.2, 0.25) is 0 Å². The average molecular weight is 1720 g/mol. The average Bonchev–Trinajstić information content (AvgIpc) is 1.65. The molecular formula is C88H90F8N20O9. The lowest BCUT2D eigenvalue weighted by atomic mass is 10.0. The van der Waals surface area contributed by atoms with Gasteiger partial charge in [0.15, 0.2) is 0 Å². The molecule has 652 valence electrons. The summed E-state index contributed by atoms with van der Waals surface area (Å²) >= 11 is 0. The number of nitrogens with two attached hydrogens (primary N) is 8. The molecule has 8 amide bonds. The monoisotopic (exact) mass is 1720 g/mol. The molecule has 2 unspecified atom stereocenters. The number of carbonyl (C=O) groups is 8. The van der Waals surface area contributed by atoms with Gasteiger partial charge in [-0.05, 0) is 161 Å². The molecule has 125 heavy (non-hydrogen) atoms. The summed E-state index contributed by atoms with van der Waals surface area (Å²) in [5.74, 6) is -8.22. The molecular weight excluding hydrogens is 1630 g/mol. The van der Waals surface area contributed by atoms with Crippen molar-refractivity contribution in [3.05, 3.63) is 282 Å². The van der Waals surface area contributed by atoms with E-state index in [2.05, 4.69) is 41.7 Å². The van der Waals surface area contributed by atoms with Crippen LogP contribution < -0.4 is 67.1 Å². The highest BCUT2D eigenvalue weighted by Crippen LogP contribution is 2.36. The third kappa shape index (κ3) is 21.6. The lowest BCUT2D eigenvalue weighted by Crippen LogP contribution is -2.24. The first-order chi connectivity index (χ1) is 59.4. The number of benzene rings is 8. The maximum Gasteiger partial charge on any atom is 0.260 e. The van der Waals surface area contributed by atoms with E-state index in [0.29, 0.717) is 70.8 Å². The Morgan fingerprint density at radius 1 is 0.432 bits per heavy atom. The first-order valence-electron chi connectivity index (χ1n) is 38.9. The molecule has 8 aromatic carbocycles. The molecule has 1 aliphatic rings. The van der Waals surface area contributed by atoms with Gasteiger partial charge >= 0.3 is 0 Å². The van der Waals surface area contributed by atoms with Crippen molar-refractivity contribution in [1.82, 2.24) is 60.4 Å². The van der Waals surface area contributed by atoms with E-state index >= 15 is 0 Å². The minimum atomic E-state index is -2.71. The number of nitrogen functional groups attached to an aromatic ring is 4. The summed E-state index contributed by atoms with van der Waals surface area (Å²) < 4.78 is 122. The normalized spacial score (nSPS) is 12.5. The first kappa shape index (κ1) is 92.3. The molecule has 37 heteroatoms. The molecule has 1 aliphatic heterocycles. The zero-order valence-electron chi connectivity index (χ0n) is 68.7. The lowest BCUT2D eigenvalue weighted by Gasteiger charge is -2.23. The Labute approximate surface area is 710 Å². The molecule has 0 aliphatic carbocycles. The Morgan fingerprint density at radius 3 is 1.27 bits per heavy atom. The van der Waals surface area contributed by atoms with E-state index < -0.39 is 88.7 Å². The third-order valence-corrected chi connectivity index (χ3v) is 20.4. The number of anilines is 4. The number of aryl methyl sites for hydroxylation is 6. The second-order valence-electron chi connectivity index (χ2n) is 28.9. The number of nitrogens with zero attached hydrogens (tertiary/aromatic N) is 8. The highest BCUT2D eigenvalue weighted by molar-refractivity contribution is 6.06. The Balaban J connectivity index is 0.000000174. The van der Waals surface area contributed by atoms with E-state index in [1.165, 1.54) is 93.8 Å². The molecule has 1 saturated heterocycles. The van der Waals surface area contributed by atoms with Crippen molar-refractivity contribution in [2.45, 2.75) is 119 Å². The quantitative estimate of drug-likeness (QED) is 0.0236. The van der Waals surface area contributed by atoms with E-state index in [0.717, 1.165) is 46.8 Å². The molecule has 1 fully saturated rings. The number of nitrogens with one attached hydrogen (secondary N) is 4. The van der Waals surface area contributed by atoms with E-state index in [9.17, 15) is 73.5 Å². The molecule has 0 saturated carbocycles. The highest BCUT2D eigenvalue weighted by Gasteiger charge is 2.31. The van der Waals surface area contributed by atoms with Gasteiger partial charge < -0.3 is 71.9 Å². The van der Waals surface area contributed by atoms with Gasteiger partial charge in [0.1, 0.15) is 109 Å². The minimum Gasteiger partial charge on any atom is -0.383 e. The largest absolute Gasteiger partial charge is 0.383 e. The molecule has 4 aromatic heterocycles. The number of ether oxygens (including phenoxy) is 1. The van der Waals surface area contributed by atoms with Crippen LogP contribution >= 0.6 is 0 Å². The SMILES string of the molecule is CCn1nc(-c2ccc(CNC(=O)c3cc(F)ccc3C)c(F)c2)c(C(N)=O)c1N.CCn1nc(-c2ccc(CNC(=O)c3cc(F)ccc3C)cc2F)c(C(N)=O)c1N.Cc1ccc(F)cc1C(=O)NCc1ccc(-c2nn(C3CCCOC3)c(N)c2C(N)=O)cc1F.Cc1ccccc1C(=O)NCc1ccc(-c2nn(C(C)C(F)F)c(N)c2C(N)=O)cc1. The number of alkyl halides is 2. The van der Waals surface area contributed by atoms with Crippen molar-refractivity contribution in [2.75, 3.05) is 36.1 Å². The Bertz CT molecular complexity index is 6100. The van der Waals surface area contributed by atoms with Crippen molar-refractivity contribution < 1.29 is 78.2 Å². The summed E-state index contributed by atoms with van der Waals surface area (Å²) in [6, 6.07) is 37.1. The summed E-state index contributed by atoms with van der Waals surface area (Å²) in [7, 11) is 0. The van der Waals surface area contributed by atoms with Crippen LogP contribution in [0.15, 0.2) is 158 Å². The first-order valence-corrected chi connectivity index (χ1v) is 38.9. The van der Waals surface area contributed by atoms with E-state index in [-0.39, 0.29) is 140 Å². The molecule has 5 heterocycles. The number of hydrogen-bond donors (Lipinski definition) is 12. The summed E-state index contributed by atoms with van der Waals surface area (Å²) in [6.45, 7) is 13.7. The summed E-state index contributed by atoms with van der Waals surface area (Å²) in [6.07, 6.45) is -1.11. The number of halogens is 8. The van der Waals surface area contributed by atoms with Gasteiger partial charge in [-0.15, -0.1) is 0 Å². The van der Waals surface area contributed by atoms with Crippen LogP contribution in [0.2, 0.25) is 0 Å². The van der Waals surface area contributed by atoms with E-state index in [1.807, 2.05) is 19.1 Å². The van der Waals surface area contributed by atoms with Gasteiger partial charge in [0, 0.05) is 102 Å². The van der Waals surface area contributed by atoms with Gasteiger partial charge in [-0.2, -0.15) is 20.4 Å². The number of rotatable bonds is 25. The maximum atomic E-state index is 14.9. The van der Waals surface area contributed by atoms with E-state index in [4.69, 9.17) is 50.6 Å². The number of primary amides is 4.